The first-order valence-electron chi connectivity index (χ1n) is 10.8. The van der Waals surface area contributed by atoms with Crippen LogP contribution in [0.4, 0.5) is 0 Å². The smallest absolute Gasteiger partial charge is 0.254 e. The molecule has 2 amide bonds. The lowest BCUT2D eigenvalue weighted by Gasteiger charge is -2.35. The molecule has 2 aromatic carbocycles. The van der Waals surface area contributed by atoms with E-state index in [0.29, 0.717) is 43.9 Å². The van der Waals surface area contributed by atoms with Crippen LogP contribution in [0.15, 0.2) is 59.5 Å². The lowest BCUT2D eigenvalue weighted by molar-refractivity contribution is 0.0535. The monoisotopic (exact) mass is 457 g/mol. The summed E-state index contributed by atoms with van der Waals surface area (Å²) in [6, 6.07) is 15.1. The van der Waals surface area contributed by atoms with Crippen LogP contribution in [0, 0.1) is 0 Å². The maximum atomic E-state index is 13.0. The molecule has 0 saturated carbocycles. The quantitative estimate of drug-likeness (QED) is 0.713. The molecule has 2 saturated heterocycles. The number of piperazine rings is 1. The van der Waals surface area contributed by atoms with Gasteiger partial charge in [0.2, 0.25) is 10.0 Å². The van der Waals surface area contributed by atoms with Crippen LogP contribution in [0.2, 0.25) is 0 Å². The van der Waals surface area contributed by atoms with Gasteiger partial charge in [-0.1, -0.05) is 24.3 Å². The Bertz CT molecular complexity index is 1060. The van der Waals surface area contributed by atoms with Crippen molar-refractivity contribution >= 4 is 21.8 Å². The number of carbonyl (C=O) groups is 2. The molecule has 2 heterocycles. The Morgan fingerprint density at radius 2 is 1.53 bits per heavy atom. The second-order valence-electron chi connectivity index (χ2n) is 7.97. The van der Waals surface area contributed by atoms with Gasteiger partial charge in [0.25, 0.3) is 11.8 Å². The van der Waals surface area contributed by atoms with Crippen LogP contribution in [-0.2, 0) is 14.8 Å². The van der Waals surface area contributed by atoms with Crippen LogP contribution in [0.3, 0.4) is 0 Å². The van der Waals surface area contributed by atoms with Crippen molar-refractivity contribution in [3.8, 4) is 0 Å². The Balaban J connectivity index is 1.37. The van der Waals surface area contributed by atoms with E-state index in [0.717, 1.165) is 12.8 Å². The molecule has 0 aliphatic carbocycles. The molecule has 170 valence electrons. The van der Waals surface area contributed by atoms with Crippen molar-refractivity contribution in [2.75, 3.05) is 39.3 Å². The minimum atomic E-state index is -3.74. The van der Waals surface area contributed by atoms with Gasteiger partial charge in [-0.25, -0.2) is 13.1 Å². The SMILES string of the molecule is O=C(c1ccccc1)N1CCN(C(=O)c2cccc(S(=O)(=O)NC[C@H]3CCCO3)c2)CC1. The molecule has 1 atom stereocenters. The van der Waals surface area contributed by atoms with Crippen LogP contribution >= 0.6 is 0 Å². The molecule has 0 bridgehead atoms. The number of amides is 2. The van der Waals surface area contributed by atoms with E-state index in [-0.39, 0.29) is 29.4 Å². The first-order chi connectivity index (χ1) is 15.4. The van der Waals surface area contributed by atoms with Crippen LogP contribution in [0.1, 0.15) is 33.6 Å². The van der Waals surface area contributed by atoms with E-state index in [1.165, 1.54) is 12.1 Å². The van der Waals surface area contributed by atoms with E-state index in [1.54, 1.807) is 34.1 Å². The summed E-state index contributed by atoms with van der Waals surface area (Å²) in [5, 5.41) is 0. The molecule has 1 N–H and O–H groups in total. The summed E-state index contributed by atoms with van der Waals surface area (Å²) < 4.78 is 33.4. The topological polar surface area (TPSA) is 96.0 Å². The molecular weight excluding hydrogens is 430 g/mol. The summed E-state index contributed by atoms with van der Waals surface area (Å²) in [6.45, 7) is 2.52. The number of rotatable bonds is 6. The van der Waals surface area contributed by atoms with Crippen LogP contribution in [-0.4, -0.2) is 75.5 Å². The van der Waals surface area contributed by atoms with Crippen molar-refractivity contribution < 1.29 is 22.7 Å². The Kier molecular flexibility index (Phi) is 6.88. The molecule has 2 aliphatic rings. The molecule has 2 aliphatic heterocycles. The highest BCUT2D eigenvalue weighted by Gasteiger charge is 2.26. The molecule has 2 aromatic rings. The number of sulfonamides is 1. The summed E-state index contributed by atoms with van der Waals surface area (Å²) in [5.41, 5.74) is 0.938. The van der Waals surface area contributed by atoms with Gasteiger partial charge < -0.3 is 14.5 Å². The number of hydrogen-bond acceptors (Lipinski definition) is 5. The van der Waals surface area contributed by atoms with Crippen molar-refractivity contribution in [2.24, 2.45) is 0 Å². The van der Waals surface area contributed by atoms with Crippen molar-refractivity contribution in [3.05, 3.63) is 65.7 Å². The van der Waals surface area contributed by atoms with Gasteiger partial charge in [0.15, 0.2) is 0 Å². The molecule has 0 unspecified atom stereocenters. The standard InChI is InChI=1S/C23H27N3O5S/c27-22(18-6-2-1-3-7-18)25-11-13-26(14-12-25)23(28)19-8-4-10-21(16-19)32(29,30)24-17-20-9-5-15-31-20/h1-4,6-8,10,16,20,24H,5,9,11-15,17H2/t20-/m1/s1. The van der Waals surface area contributed by atoms with Gasteiger partial charge >= 0.3 is 0 Å². The molecule has 2 fully saturated rings. The third kappa shape index (κ3) is 5.17. The highest BCUT2D eigenvalue weighted by atomic mass is 32.2. The fourth-order valence-corrected chi connectivity index (χ4v) is 5.06. The van der Waals surface area contributed by atoms with E-state index >= 15 is 0 Å². The zero-order valence-electron chi connectivity index (χ0n) is 17.8. The van der Waals surface area contributed by atoms with Crippen molar-refractivity contribution in [2.45, 2.75) is 23.8 Å². The fourth-order valence-electron chi connectivity index (χ4n) is 3.95. The van der Waals surface area contributed by atoms with Gasteiger partial charge in [-0.3, -0.25) is 9.59 Å². The number of carbonyl (C=O) groups excluding carboxylic acids is 2. The van der Waals surface area contributed by atoms with Crippen molar-refractivity contribution in [1.29, 1.82) is 0 Å². The molecule has 4 rings (SSSR count). The molecule has 9 heteroatoms. The van der Waals surface area contributed by atoms with Crippen LogP contribution in [0.25, 0.3) is 0 Å². The summed E-state index contributed by atoms with van der Waals surface area (Å²) in [6.07, 6.45) is 1.66. The second-order valence-corrected chi connectivity index (χ2v) is 9.73. The Hall–Kier alpha value is -2.75. The summed E-state index contributed by atoms with van der Waals surface area (Å²) in [4.78, 5) is 29.0. The highest BCUT2D eigenvalue weighted by molar-refractivity contribution is 7.89. The molecule has 0 spiro atoms. The van der Waals surface area contributed by atoms with Crippen molar-refractivity contribution in [3.63, 3.8) is 0 Å². The predicted molar refractivity (Wildman–Crippen MR) is 119 cm³/mol. The lowest BCUT2D eigenvalue weighted by Crippen LogP contribution is -2.50. The summed E-state index contributed by atoms with van der Waals surface area (Å²) >= 11 is 0. The molecule has 0 aromatic heterocycles. The number of ether oxygens (including phenoxy) is 1. The number of nitrogens with one attached hydrogen (secondary N) is 1. The first-order valence-corrected chi connectivity index (χ1v) is 12.3. The molecule has 32 heavy (non-hydrogen) atoms. The largest absolute Gasteiger partial charge is 0.377 e. The average Bonchev–Trinajstić information content (AvgIpc) is 3.37. The summed E-state index contributed by atoms with van der Waals surface area (Å²) in [5.74, 6) is -0.295. The zero-order valence-corrected chi connectivity index (χ0v) is 18.6. The lowest BCUT2D eigenvalue weighted by atomic mass is 10.1. The van der Waals surface area contributed by atoms with Gasteiger partial charge in [0.1, 0.15) is 0 Å². The van der Waals surface area contributed by atoms with Crippen molar-refractivity contribution in [1.82, 2.24) is 14.5 Å². The predicted octanol–water partition coefficient (Wildman–Crippen LogP) is 1.74. The fraction of sp³-hybridized carbons (Fsp3) is 0.391. The third-order valence-electron chi connectivity index (χ3n) is 5.79. The van der Waals surface area contributed by atoms with E-state index in [2.05, 4.69) is 4.72 Å². The Labute approximate surface area is 188 Å². The van der Waals surface area contributed by atoms with Gasteiger partial charge in [-0.15, -0.1) is 0 Å². The van der Waals surface area contributed by atoms with Gasteiger partial charge in [0.05, 0.1) is 11.0 Å². The molecular formula is C23H27N3O5S. The molecule has 0 radical (unpaired) electrons. The van der Waals surface area contributed by atoms with E-state index in [1.807, 2.05) is 18.2 Å². The maximum Gasteiger partial charge on any atom is 0.254 e. The number of hydrogen-bond donors (Lipinski definition) is 1. The zero-order chi connectivity index (χ0) is 22.6. The first kappa shape index (κ1) is 22.4. The van der Waals surface area contributed by atoms with Gasteiger partial charge in [-0.05, 0) is 43.2 Å². The normalized spacial score (nSPS) is 19.2. The second kappa shape index (κ2) is 9.81. The Morgan fingerprint density at radius 1 is 0.906 bits per heavy atom. The van der Waals surface area contributed by atoms with Gasteiger partial charge in [-0.2, -0.15) is 0 Å². The Morgan fingerprint density at radius 3 is 2.16 bits per heavy atom. The minimum absolute atomic E-state index is 0.0527. The average molecular weight is 458 g/mol. The molecule has 8 nitrogen and oxygen atoms in total. The van der Waals surface area contributed by atoms with Gasteiger partial charge in [0, 0.05) is 50.5 Å². The highest BCUT2D eigenvalue weighted by Crippen LogP contribution is 2.17. The summed E-state index contributed by atoms with van der Waals surface area (Å²) in [7, 11) is -3.74. The van der Waals surface area contributed by atoms with E-state index in [4.69, 9.17) is 4.74 Å². The number of nitrogens with zero attached hydrogens (tertiary/aromatic N) is 2. The van der Waals surface area contributed by atoms with Crippen LogP contribution in [0.5, 0.6) is 0 Å². The van der Waals surface area contributed by atoms with E-state index in [9.17, 15) is 18.0 Å². The number of benzene rings is 2. The van der Waals surface area contributed by atoms with Crippen LogP contribution < -0.4 is 4.72 Å². The van der Waals surface area contributed by atoms with E-state index < -0.39 is 10.0 Å². The maximum absolute atomic E-state index is 13.0. The third-order valence-corrected chi connectivity index (χ3v) is 7.21. The minimum Gasteiger partial charge on any atom is -0.377 e.